The van der Waals surface area contributed by atoms with Crippen molar-refractivity contribution >= 4 is 5.91 Å². The Morgan fingerprint density at radius 1 is 1.25 bits per heavy atom. The van der Waals surface area contributed by atoms with Gasteiger partial charge in [0, 0.05) is 32.8 Å². The number of furan rings is 1. The molecular weight excluding hydrogens is 352 g/mol. The fourth-order valence-electron chi connectivity index (χ4n) is 4.73. The van der Waals surface area contributed by atoms with Crippen LogP contribution in [0.5, 0.6) is 0 Å². The quantitative estimate of drug-likeness (QED) is 0.737. The van der Waals surface area contributed by atoms with Crippen LogP contribution in [0.2, 0.25) is 0 Å². The molecule has 0 N–H and O–H groups in total. The first kappa shape index (κ1) is 19.2. The molecule has 1 amide bonds. The zero-order valence-corrected chi connectivity index (χ0v) is 16.7. The second-order valence-electron chi connectivity index (χ2n) is 8.09. The summed E-state index contributed by atoms with van der Waals surface area (Å²) in [5.41, 5.74) is 3.63. The predicted molar refractivity (Wildman–Crippen MR) is 108 cm³/mol. The van der Waals surface area contributed by atoms with Crippen LogP contribution in [0.15, 0.2) is 47.3 Å². The Hall–Kier alpha value is -2.11. The van der Waals surface area contributed by atoms with Crippen molar-refractivity contribution < 1.29 is 13.9 Å². The summed E-state index contributed by atoms with van der Waals surface area (Å²) in [6.07, 6.45) is 7.79. The molecule has 1 unspecified atom stereocenters. The van der Waals surface area contributed by atoms with E-state index in [1.807, 2.05) is 4.90 Å². The van der Waals surface area contributed by atoms with Crippen molar-refractivity contribution in [3.63, 3.8) is 0 Å². The number of fused-ring (bicyclic) bond motifs is 1. The van der Waals surface area contributed by atoms with Crippen LogP contribution in [0, 0.1) is 5.92 Å². The number of hydrogen-bond donors (Lipinski definition) is 0. The molecule has 1 fully saturated rings. The van der Waals surface area contributed by atoms with Gasteiger partial charge in [-0.3, -0.25) is 9.69 Å². The third-order valence-electron chi connectivity index (χ3n) is 6.20. The number of piperidine rings is 1. The molecule has 1 saturated heterocycles. The minimum atomic E-state index is 0.0381. The van der Waals surface area contributed by atoms with Gasteiger partial charge in [-0.2, -0.15) is 0 Å². The molecule has 0 saturated carbocycles. The van der Waals surface area contributed by atoms with Crippen LogP contribution in [0.1, 0.15) is 34.3 Å². The van der Waals surface area contributed by atoms with Crippen LogP contribution >= 0.6 is 0 Å². The molecule has 1 aliphatic heterocycles. The largest absolute Gasteiger partial charge is 0.472 e. The van der Waals surface area contributed by atoms with Gasteiger partial charge < -0.3 is 14.1 Å². The monoisotopic (exact) mass is 382 g/mol. The summed E-state index contributed by atoms with van der Waals surface area (Å²) in [7, 11) is 1.68. The summed E-state index contributed by atoms with van der Waals surface area (Å²) >= 11 is 0. The molecule has 4 rings (SSSR count). The summed E-state index contributed by atoms with van der Waals surface area (Å²) in [4.78, 5) is 17.5. The first-order valence-electron chi connectivity index (χ1n) is 10.4. The van der Waals surface area contributed by atoms with Crippen molar-refractivity contribution in [1.29, 1.82) is 0 Å². The van der Waals surface area contributed by atoms with Gasteiger partial charge in [0.2, 0.25) is 0 Å². The van der Waals surface area contributed by atoms with E-state index in [0.29, 0.717) is 30.7 Å². The number of likely N-dealkylation sites (tertiary alicyclic amines) is 1. The van der Waals surface area contributed by atoms with E-state index in [-0.39, 0.29) is 5.91 Å². The first-order chi connectivity index (χ1) is 13.7. The lowest BCUT2D eigenvalue weighted by Crippen LogP contribution is -2.47. The van der Waals surface area contributed by atoms with E-state index >= 15 is 0 Å². The van der Waals surface area contributed by atoms with E-state index in [1.165, 1.54) is 36.8 Å². The van der Waals surface area contributed by atoms with Crippen LogP contribution in [0.25, 0.3) is 0 Å². The number of carbonyl (C=O) groups excluding carboxylic acids is 1. The lowest BCUT2D eigenvalue weighted by molar-refractivity contribution is 0.0573. The second-order valence-corrected chi connectivity index (χ2v) is 8.09. The molecule has 28 heavy (non-hydrogen) atoms. The molecule has 2 heterocycles. The Morgan fingerprint density at radius 3 is 2.71 bits per heavy atom. The highest BCUT2D eigenvalue weighted by Crippen LogP contribution is 2.29. The van der Waals surface area contributed by atoms with Crippen molar-refractivity contribution in [2.75, 3.05) is 39.9 Å². The van der Waals surface area contributed by atoms with E-state index in [4.69, 9.17) is 9.15 Å². The maximum absolute atomic E-state index is 12.9. The highest BCUT2D eigenvalue weighted by molar-refractivity contribution is 5.93. The normalized spacial score (nSPS) is 20.2. The van der Waals surface area contributed by atoms with Gasteiger partial charge in [0.15, 0.2) is 0 Å². The molecule has 2 aliphatic rings. The minimum Gasteiger partial charge on any atom is -0.472 e. The van der Waals surface area contributed by atoms with Gasteiger partial charge in [0.25, 0.3) is 5.91 Å². The van der Waals surface area contributed by atoms with Crippen LogP contribution in [-0.2, 0) is 17.6 Å². The lowest BCUT2D eigenvalue weighted by atomic mass is 9.95. The zero-order valence-electron chi connectivity index (χ0n) is 16.7. The zero-order chi connectivity index (χ0) is 19.3. The van der Waals surface area contributed by atoms with Crippen LogP contribution < -0.4 is 0 Å². The highest BCUT2D eigenvalue weighted by atomic mass is 16.5. The van der Waals surface area contributed by atoms with Crippen LogP contribution in [-0.4, -0.2) is 61.6 Å². The summed E-state index contributed by atoms with van der Waals surface area (Å²) in [5, 5.41) is 0. The average Bonchev–Trinajstić information content (AvgIpc) is 3.40. The lowest BCUT2D eigenvalue weighted by Gasteiger charge is -2.38. The average molecular weight is 383 g/mol. The number of amides is 1. The molecule has 0 radical (unpaired) electrons. The maximum Gasteiger partial charge on any atom is 0.257 e. The number of ether oxygens (including phenoxy) is 1. The van der Waals surface area contributed by atoms with Gasteiger partial charge in [-0.25, -0.2) is 0 Å². The standard InChI is InChI=1S/C23H30N2O3/c1-27-12-10-25(23(26)21-8-11-28-17-21)16-18-5-4-9-24(15-18)22-13-19-6-2-3-7-20(19)14-22/h2-3,6-8,11,17-18,22H,4-5,9-10,12-16H2,1H3. The van der Waals surface area contributed by atoms with Crippen molar-refractivity contribution in [3.05, 3.63) is 59.5 Å². The summed E-state index contributed by atoms with van der Waals surface area (Å²) in [6, 6.07) is 11.2. The maximum atomic E-state index is 12.9. The summed E-state index contributed by atoms with van der Waals surface area (Å²) in [5.74, 6) is 0.543. The molecule has 1 aromatic carbocycles. The Kier molecular flexibility index (Phi) is 6.13. The molecule has 1 aromatic heterocycles. The van der Waals surface area contributed by atoms with Crippen LogP contribution in [0.3, 0.4) is 0 Å². The molecule has 0 spiro atoms. The van der Waals surface area contributed by atoms with Gasteiger partial charge >= 0.3 is 0 Å². The third kappa shape index (κ3) is 4.31. The van der Waals surface area contributed by atoms with Crippen molar-refractivity contribution in [2.45, 2.75) is 31.7 Å². The Labute approximate surface area is 167 Å². The Balaban J connectivity index is 1.38. The molecule has 150 valence electrons. The SMILES string of the molecule is COCCN(CC1CCCN(C2Cc3ccccc3C2)C1)C(=O)c1ccoc1. The molecule has 2 aromatic rings. The molecule has 5 heteroatoms. The fraction of sp³-hybridized carbons (Fsp3) is 0.522. The van der Waals surface area contributed by atoms with E-state index in [9.17, 15) is 4.79 Å². The third-order valence-corrected chi connectivity index (χ3v) is 6.20. The smallest absolute Gasteiger partial charge is 0.257 e. The Bertz CT molecular complexity index is 749. The number of carbonyl (C=O) groups is 1. The van der Waals surface area contributed by atoms with E-state index in [2.05, 4.69) is 29.2 Å². The minimum absolute atomic E-state index is 0.0381. The van der Waals surface area contributed by atoms with E-state index in [0.717, 1.165) is 25.9 Å². The molecule has 1 atom stereocenters. The van der Waals surface area contributed by atoms with E-state index < -0.39 is 0 Å². The number of methoxy groups -OCH3 is 1. The molecular formula is C23H30N2O3. The summed E-state index contributed by atoms with van der Waals surface area (Å²) in [6.45, 7) is 4.19. The van der Waals surface area contributed by atoms with Gasteiger partial charge in [-0.15, -0.1) is 0 Å². The molecule has 0 bridgehead atoms. The van der Waals surface area contributed by atoms with Crippen molar-refractivity contribution in [1.82, 2.24) is 9.80 Å². The Morgan fingerprint density at radius 2 is 2.04 bits per heavy atom. The van der Waals surface area contributed by atoms with E-state index in [1.54, 1.807) is 19.4 Å². The van der Waals surface area contributed by atoms with Crippen molar-refractivity contribution in [3.8, 4) is 0 Å². The number of hydrogen-bond acceptors (Lipinski definition) is 4. The molecule has 5 nitrogen and oxygen atoms in total. The van der Waals surface area contributed by atoms with Crippen LogP contribution in [0.4, 0.5) is 0 Å². The first-order valence-corrected chi connectivity index (χ1v) is 10.4. The summed E-state index contributed by atoms with van der Waals surface area (Å²) < 4.78 is 10.3. The van der Waals surface area contributed by atoms with Gasteiger partial charge in [-0.05, 0) is 55.3 Å². The number of benzene rings is 1. The van der Waals surface area contributed by atoms with Gasteiger partial charge in [0.05, 0.1) is 18.4 Å². The fourth-order valence-corrected chi connectivity index (χ4v) is 4.73. The van der Waals surface area contributed by atoms with Gasteiger partial charge in [-0.1, -0.05) is 24.3 Å². The number of nitrogens with zero attached hydrogens (tertiary/aromatic N) is 2. The topological polar surface area (TPSA) is 45.9 Å². The number of rotatable bonds is 7. The second kappa shape index (κ2) is 8.93. The van der Waals surface area contributed by atoms with Crippen molar-refractivity contribution in [2.24, 2.45) is 5.92 Å². The highest BCUT2D eigenvalue weighted by Gasteiger charge is 2.31. The van der Waals surface area contributed by atoms with Gasteiger partial charge in [0.1, 0.15) is 6.26 Å². The molecule has 1 aliphatic carbocycles. The predicted octanol–water partition coefficient (Wildman–Crippen LogP) is 3.25.